The normalized spacial score (nSPS) is 14.8. The van der Waals surface area contributed by atoms with E-state index in [2.05, 4.69) is 45.3 Å². The van der Waals surface area contributed by atoms with Gasteiger partial charge in [-0.05, 0) is 56.6 Å². The highest BCUT2D eigenvalue weighted by molar-refractivity contribution is 5.62. The fourth-order valence-corrected chi connectivity index (χ4v) is 3.11. The average molecular weight is 337 g/mol. The van der Waals surface area contributed by atoms with Gasteiger partial charge in [0.05, 0.1) is 17.6 Å². The second-order valence-corrected chi connectivity index (χ2v) is 6.15. The molecule has 3 aromatic rings. The molecule has 4 rings (SSSR count). The lowest BCUT2D eigenvalue weighted by atomic mass is 10.1. The molecule has 4 heterocycles. The van der Waals surface area contributed by atoms with Crippen LogP contribution >= 0.6 is 0 Å². The summed E-state index contributed by atoms with van der Waals surface area (Å²) >= 11 is 0. The third-order valence-electron chi connectivity index (χ3n) is 4.36. The van der Waals surface area contributed by atoms with Crippen LogP contribution in [0.25, 0.3) is 17.0 Å². The minimum absolute atomic E-state index is 0.503. The van der Waals surface area contributed by atoms with Crippen LogP contribution in [0.15, 0.2) is 42.7 Å². The number of hydrogen-bond acceptors (Lipinski definition) is 4. The smallest absolute Gasteiger partial charge is 0.137 e. The van der Waals surface area contributed by atoms with Crippen LogP contribution in [0, 0.1) is 6.92 Å². The zero-order valence-corrected chi connectivity index (χ0v) is 15.3. The van der Waals surface area contributed by atoms with Gasteiger partial charge in [0.15, 0.2) is 0 Å². The molecule has 1 fully saturated rings. The van der Waals surface area contributed by atoms with Crippen molar-refractivity contribution in [2.45, 2.75) is 39.7 Å². The van der Waals surface area contributed by atoms with E-state index in [9.17, 15) is 0 Å². The Bertz CT molecular complexity index is 818. The van der Waals surface area contributed by atoms with Crippen molar-refractivity contribution >= 4 is 11.5 Å². The predicted molar refractivity (Wildman–Crippen MR) is 104 cm³/mol. The Kier molecular flexibility index (Phi) is 5.66. The fourth-order valence-electron chi connectivity index (χ4n) is 3.11. The van der Waals surface area contributed by atoms with Crippen LogP contribution in [0.1, 0.15) is 32.3 Å². The predicted octanol–water partition coefficient (Wildman–Crippen LogP) is 3.89. The van der Waals surface area contributed by atoms with E-state index in [4.69, 9.17) is 4.98 Å². The molecule has 25 heavy (non-hydrogen) atoms. The van der Waals surface area contributed by atoms with Gasteiger partial charge in [0.25, 0.3) is 0 Å². The zero-order chi connectivity index (χ0) is 17.6. The Morgan fingerprint density at radius 1 is 1.12 bits per heavy atom. The Morgan fingerprint density at radius 3 is 2.72 bits per heavy atom. The summed E-state index contributed by atoms with van der Waals surface area (Å²) in [5.41, 5.74) is 4.13. The van der Waals surface area contributed by atoms with Crippen molar-refractivity contribution in [3.05, 3.63) is 48.3 Å². The number of pyridine rings is 2. The van der Waals surface area contributed by atoms with E-state index in [1.165, 1.54) is 5.56 Å². The van der Waals surface area contributed by atoms with Gasteiger partial charge in [-0.15, -0.1) is 0 Å². The maximum atomic E-state index is 4.80. The van der Waals surface area contributed by atoms with Crippen molar-refractivity contribution in [3.63, 3.8) is 0 Å². The number of hydrogen-bond donors (Lipinski definition) is 2. The van der Waals surface area contributed by atoms with Gasteiger partial charge in [-0.3, -0.25) is 4.40 Å². The van der Waals surface area contributed by atoms with Crippen LogP contribution in [0.2, 0.25) is 0 Å². The lowest BCUT2D eigenvalue weighted by Gasteiger charge is -2.24. The summed E-state index contributed by atoms with van der Waals surface area (Å²) in [5.74, 6) is 0.942. The molecule has 5 heteroatoms. The molecular weight excluding hydrogens is 310 g/mol. The lowest BCUT2D eigenvalue weighted by Crippen LogP contribution is -2.35. The number of imidazole rings is 1. The molecule has 0 saturated carbocycles. The van der Waals surface area contributed by atoms with E-state index < -0.39 is 0 Å². The molecule has 1 saturated heterocycles. The van der Waals surface area contributed by atoms with Crippen molar-refractivity contribution < 1.29 is 0 Å². The molecule has 0 amide bonds. The molecule has 0 atom stereocenters. The summed E-state index contributed by atoms with van der Waals surface area (Å²) in [4.78, 5) is 9.27. The fraction of sp³-hybridized carbons (Fsp3) is 0.400. The Morgan fingerprint density at radius 2 is 1.92 bits per heavy atom. The molecule has 0 bridgehead atoms. The molecule has 0 spiro atoms. The number of nitrogens with one attached hydrogen (secondary N) is 2. The second-order valence-electron chi connectivity index (χ2n) is 6.15. The molecule has 132 valence electrons. The largest absolute Gasteiger partial charge is 0.367 e. The van der Waals surface area contributed by atoms with Gasteiger partial charge in [-0.2, -0.15) is 0 Å². The first-order chi connectivity index (χ1) is 12.3. The molecule has 0 aromatic carbocycles. The van der Waals surface area contributed by atoms with Crippen LogP contribution < -0.4 is 10.6 Å². The number of fused-ring (bicyclic) bond motifs is 1. The van der Waals surface area contributed by atoms with Gasteiger partial charge in [0.2, 0.25) is 0 Å². The molecule has 5 nitrogen and oxygen atoms in total. The van der Waals surface area contributed by atoms with Crippen molar-refractivity contribution in [1.82, 2.24) is 19.7 Å². The minimum atomic E-state index is 0.503. The standard InChI is InChI=1S/C18H21N5.C2H6/c1-13-5-6-18-20-11-16(23(18)12-13)15-3-2-4-17(22-15)21-14-7-9-19-10-8-14;1-2/h2-6,11-12,14,19H,7-10H2,1H3,(H,21,22);1-2H3. The number of aryl methyl sites for hydroxylation is 1. The summed E-state index contributed by atoms with van der Waals surface area (Å²) < 4.78 is 2.10. The van der Waals surface area contributed by atoms with Gasteiger partial charge in [0.1, 0.15) is 11.5 Å². The van der Waals surface area contributed by atoms with Crippen LogP contribution in [-0.4, -0.2) is 33.5 Å². The first-order valence-corrected chi connectivity index (χ1v) is 9.18. The number of nitrogens with zero attached hydrogens (tertiary/aromatic N) is 3. The number of piperidine rings is 1. The summed E-state index contributed by atoms with van der Waals surface area (Å²) in [6.07, 6.45) is 6.28. The summed E-state index contributed by atoms with van der Waals surface area (Å²) in [6, 6.07) is 10.8. The van der Waals surface area contributed by atoms with E-state index in [0.29, 0.717) is 6.04 Å². The van der Waals surface area contributed by atoms with Crippen molar-refractivity contribution in [3.8, 4) is 11.4 Å². The monoisotopic (exact) mass is 337 g/mol. The van der Waals surface area contributed by atoms with E-state index in [-0.39, 0.29) is 0 Å². The molecule has 0 aliphatic carbocycles. The van der Waals surface area contributed by atoms with E-state index in [0.717, 1.165) is 48.8 Å². The van der Waals surface area contributed by atoms with E-state index in [1.54, 1.807) is 0 Å². The maximum absolute atomic E-state index is 4.80. The van der Waals surface area contributed by atoms with Crippen LogP contribution in [0.3, 0.4) is 0 Å². The van der Waals surface area contributed by atoms with E-state index >= 15 is 0 Å². The summed E-state index contributed by atoms with van der Waals surface area (Å²) in [7, 11) is 0. The van der Waals surface area contributed by atoms with E-state index in [1.807, 2.05) is 38.2 Å². The number of anilines is 1. The van der Waals surface area contributed by atoms with Gasteiger partial charge < -0.3 is 10.6 Å². The first-order valence-electron chi connectivity index (χ1n) is 9.18. The highest BCUT2D eigenvalue weighted by atomic mass is 15.1. The first kappa shape index (κ1) is 17.4. The van der Waals surface area contributed by atoms with Gasteiger partial charge in [-0.1, -0.05) is 26.0 Å². The highest BCUT2D eigenvalue weighted by Crippen LogP contribution is 2.22. The topological polar surface area (TPSA) is 54.2 Å². The maximum Gasteiger partial charge on any atom is 0.137 e. The Balaban J connectivity index is 0.000000880. The third-order valence-corrected chi connectivity index (χ3v) is 4.36. The van der Waals surface area contributed by atoms with Crippen LogP contribution in [0.5, 0.6) is 0 Å². The molecule has 3 aromatic heterocycles. The summed E-state index contributed by atoms with van der Waals surface area (Å²) in [6.45, 7) is 8.24. The third kappa shape index (κ3) is 3.99. The quantitative estimate of drug-likeness (QED) is 0.761. The lowest BCUT2D eigenvalue weighted by molar-refractivity contribution is 0.478. The van der Waals surface area contributed by atoms with Crippen LogP contribution in [-0.2, 0) is 0 Å². The second kappa shape index (κ2) is 8.12. The molecule has 1 aliphatic rings. The van der Waals surface area contributed by atoms with Gasteiger partial charge in [0, 0.05) is 12.2 Å². The summed E-state index contributed by atoms with van der Waals surface area (Å²) in [5, 5.41) is 6.95. The Labute approximate surface area is 149 Å². The van der Waals surface area contributed by atoms with Crippen molar-refractivity contribution in [2.24, 2.45) is 0 Å². The molecule has 1 aliphatic heterocycles. The number of rotatable bonds is 3. The van der Waals surface area contributed by atoms with Crippen LogP contribution in [0.4, 0.5) is 5.82 Å². The molecule has 0 radical (unpaired) electrons. The number of aromatic nitrogens is 3. The Hall–Kier alpha value is -2.40. The average Bonchev–Trinajstić information content (AvgIpc) is 3.07. The van der Waals surface area contributed by atoms with Gasteiger partial charge in [-0.25, -0.2) is 9.97 Å². The van der Waals surface area contributed by atoms with Gasteiger partial charge >= 0.3 is 0 Å². The van der Waals surface area contributed by atoms with Crippen molar-refractivity contribution in [1.29, 1.82) is 0 Å². The highest BCUT2D eigenvalue weighted by Gasteiger charge is 2.14. The molecule has 2 N–H and O–H groups in total. The van der Waals surface area contributed by atoms with Crippen molar-refractivity contribution in [2.75, 3.05) is 18.4 Å². The zero-order valence-electron chi connectivity index (χ0n) is 15.3. The molecule has 0 unspecified atom stereocenters. The minimum Gasteiger partial charge on any atom is -0.367 e. The molecular formula is C20H27N5. The SMILES string of the molecule is CC.Cc1ccc2ncc(-c3cccc(NC4CCNCC4)n3)n2c1.